The summed E-state index contributed by atoms with van der Waals surface area (Å²) in [6, 6.07) is 3.73. The SMILES string of the molecule is Cc1cc(-c2noc(CC3(N)CCCC3)n2)cc(C)c1O. The first-order valence-corrected chi connectivity index (χ1v) is 7.39. The Morgan fingerprint density at radius 3 is 2.48 bits per heavy atom. The van der Waals surface area contributed by atoms with E-state index in [0.29, 0.717) is 23.9 Å². The van der Waals surface area contributed by atoms with Crippen molar-refractivity contribution in [2.45, 2.75) is 51.5 Å². The van der Waals surface area contributed by atoms with Crippen LogP contribution in [0, 0.1) is 13.8 Å². The van der Waals surface area contributed by atoms with E-state index in [1.165, 1.54) is 12.8 Å². The van der Waals surface area contributed by atoms with Crippen LogP contribution in [-0.4, -0.2) is 20.8 Å². The number of rotatable bonds is 3. The average Bonchev–Trinajstić information content (AvgIpc) is 3.05. The third-order valence-corrected chi connectivity index (χ3v) is 4.32. The molecule has 5 nitrogen and oxygen atoms in total. The fraction of sp³-hybridized carbons (Fsp3) is 0.500. The van der Waals surface area contributed by atoms with Gasteiger partial charge in [-0.15, -0.1) is 0 Å². The fourth-order valence-electron chi connectivity index (χ4n) is 3.09. The van der Waals surface area contributed by atoms with Crippen LogP contribution < -0.4 is 5.73 Å². The molecule has 2 aromatic rings. The zero-order valence-corrected chi connectivity index (χ0v) is 12.5. The number of nitrogens with zero attached hydrogens (tertiary/aromatic N) is 2. The van der Waals surface area contributed by atoms with Crippen LogP contribution in [0.5, 0.6) is 5.75 Å². The van der Waals surface area contributed by atoms with Crippen molar-refractivity contribution in [3.05, 3.63) is 29.2 Å². The molecule has 0 spiro atoms. The number of phenols is 1. The van der Waals surface area contributed by atoms with Gasteiger partial charge < -0.3 is 15.4 Å². The molecule has 0 atom stereocenters. The monoisotopic (exact) mass is 287 g/mol. The summed E-state index contributed by atoms with van der Waals surface area (Å²) in [5, 5.41) is 13.9. The van der Waals surface area contributed by atoms with E-state index >= 15 is 0 Å². The van der Waals surface area contributed by atoms with Crippen LogP contribution in [0.15, 0.2) is 16.7 Å². The lowest BCUT2D eigenvalue weighted by molar-refractivity contribution is 0.329. The van der Waals surface area contributed by atoms with Gasteiger partial charge in [-0.25, -0.2) is 0 Å². The summed E-state index contributed by atoms with van der Waals surface area (Å²) in [5.74, 6) is 1.46. The second-order valence-electron chi connectivity index (χ2n) is 6.22. The number of hydrogen-bond donors (Lipinski definition) is 2. The van der Waals surface area contributed by atoms with E-state index in [2.05, 4.69) is 10.1 Å². The largest absolute Gasteiger partial charge is 0.507 e. The summed E-state index contributed by atoms with van der Waals surface area (Å²) < 4.78 is 5.35. The Bertz CT molecular complexity index is 634. The van der Waals surface area contributed by atoms with Crippen molar-refractivity contribution < 1.29 is 9.63 Å². The number of aryl methyl sites for hydroxylation is 2. The molecule has 0 saturated heterocycles. The lowest BCUT2D eigenvalue weighted by Gasteiger charge is -2.20. The predicted molar refractivity (Wildman–Crippen MR) is 80.0 cm³/mol. The first kappa shape index (κ1) is 14.1. The van der Waals surface area contributed by atoms with E-state index in [9.17, 15) is 5.11 Å². The van der Waals surface area contributed by atoms with E-state index in [-0.39, 0.29) is 5.54 Å². The Balaban J connectivity index is 1.85. The van der Waals surface area contributed by atoms with E-state index in [4.69, 9.17) is 10.3 Å². The molecule has 0 aliphatic heterocycles. The molecule has 1 aliphatic rings. The van der Waals surface area contributed by atoms with Crippen molar-refractivity contribution in [2.24, 2.45) is 5.73 Å². The number of benzene rings is 1. The molecular weight excluding hydrogens is 266 g/mol. The average molecular weight is 287 g/mol. The van der Waals surface area contributed by atoms with Gasteiger partial charge in [0, 0.05) is 17.5 Å². The number of nitrogens with two attached hydrogens (primary N) is 1. The molecule has 5 heteroatoms. The molecule has 3 rings (SSSR count). The highest BCUT2D eigenvalue weighted by Gasteiger charge is 2.31. The van der Waals surface area contributed by atoms with Gasteiger partial charge in [-0.2, -0.15) is 4.98 Å². The molecule has 112 valence electrons. The molecule has 1 heterocycles. The van der Waals surface area contributed by atoms with Crippen molar-refractivity contribution >= 4 is 0 Å². The highest BCUT2D eigenvalue weighted by Crippen LogP contribution is 2.31. The van der Waals surface area contributed by atoms with E-state index in [0.717, 1.165) is 29.5 Å². The van der Waals surface area contributed by atoms with Crippen LogP contribution in [0.3, 0.4) is 0 Å². The molecule has 1 fully saturated rings. The second-order valence-corrected chi connectivity index (χ2v) is 6.22. The highest BCUT2D eigenvalue weighted by atomic mass is 16.5. The number of aromatic nitrogens is 2. The molecule has 0 radical (unpaired) electrons. The van der Waals surface area contributed by atoms with Crippen molar-refractivity contribution in [2.75, 3.05) is 0 Å². The molecule has 1 saturated carbocycles. The molecular formula is C16H21N3O2. The quantitative estimate of drug-likeness (QED) is 0.906. The molecule has 21 heavy (non-hydrogen) atoms. The van der Waals surface area contributed by atoms with Crippen molar-refractivity contribution in [1.82, 2.24) is 10.1 Å². The summed E-state index contributed by atoms with van der Waals surface area (Å²) in [5.41, 5.74) is 8.63. The van der Waals surface area contributed by atoms with Crippen molar-refractivity contribution in [1.29, 1.82) is 0 Å². The maximum Gasteiger partial charge on any atom is 0.228 e. The normalized spacial score (nSPS) is 17.3. The van der Waals surface area contributed by atoms with Gasteiger partial charge in [0.25, 0.3) is 0 Å². The Morgan fingerprint density at radius 2 is 1.86 bits per heavy atom. The van der Waals surface area contributed by atoms with Gasteiger partial charge in [-0.05, 0) is 49.9 Å². The summed E-state index contributed by atoms with van der Waals surface area (Å²) in [4.78, 5) is 4.46. The topological polar surface area (TPSA) is 85.2 Å². The first-order chi connectivity index (χ1) is 9.97. The summed E-state index contributed by atoms with van der Waals surface area (Å²) in [6.45, 7) is 3.72. The predicted octanol–water partition coefficient (Wildman–Crippen LogP) is 2.87. The maximum absolute atomic E-state index is 9.83. The first-order valence-electron chi connectivity index (χ1n) is 7.39. The number of hydrogen-bond acceptors (Lipinski definition) is 5. The molecule has 0 amide bonds. The van der Waals surface area contributed by atoms with Crippen molar-refractivity contribution in [3.63, 3.8) is 0 Å². The Kier molecular flexibility index (Phi) is 3.45. The number of aromatic hydroxyl groups is 1. The highest BCUT2D eigenvalue weighted by molar-refractivity contribution is 5.60. The number of phenolic OH excluding ortho intramolecular Hbond substituents is 1. The van der Waals surface area contributed by atoms with E-state index < -0.39 is 0 Å². The van der Waals surface area contributed by atoms with Crippen molar-refractivity contribution in [3.8, 4) is 17.1 Å². The van der Waals surface area contributed by atoms with Gasteiger partial charge in [0.2, 0.25) is 11.7 Å². The zero-order valence-electron chi connectivity index (χ0n) is 12.5. The van der Waals surface area contributed by atoms with Crippen LogP contribution >= 0.6 is 0 Å². The third kappa shape index (κ3) is 2.78. The zero-order chi connectivity index (χ0) is 15.0. The van der Waals surface area contributed by atoms with Gasteiger partial charge in [0.15, 0.2) is 0 Å². The van der Waals surface area contributed by atoms with Crippen LogP contribution in [0.4, 0.5) is 0 Å². The minimum absolute atomic E-state index is 0.190. The molecule has 1 aliphatic carbocycles. The van der Waals surface area contributed by atoms with Gasteiger partial charge in [-0.1, -0.05) is 18.0 Å². The third-order valence-electron chi connectivity index (χ3n) is 4.32. The second kappa shape index (κ2) is 5.15. The summed E-state index contributed by atoms with van der Waals surface area (Å²) in [6.07, 6.45) is 5.02. The minimum Gasteiger partial charge on any atom is -0.507 e. The van der Waals surface area contributed by atoms with E-state index in [1.54, 1.807) is 0 Å². The summed E-state index contributed by atoms with van der Waals surface area (Å²) in [7, 11) is 0. The molecule has 1 aromatic heterocycles. The molecule has 3 N–H and O–H groups in total. The molecule has 0 unspecified atom stereocenters. The van der Waals surface area contributed by atoms with Crippen LogP contribution in [0.2, 0.25) is 0 Å². The van der Waals surface area contributed by atoms with Crippen LogP contribution in [0.25, 0.3) is 11.4 Å². The van der Waals surface area contributed by atoms with Gasteiger partial charge in [0.05, 0.1) is 0 Å². The fourth-order valence-corrected chi connectivity index (χ4v) is 3.09. The Labute approximate surface area is 124 Å². The van der Waals surface area contributed by atoms with Crippen LogP contribution in [-0.2, 0) is 6.42 Å². The van der Waals surface area contributed by atoms with Gasteiger partial charge in [0.1, 0.15) is 5.75 Å². The molecule has 1 aromatic carbocycles. The maximum atomic E-state index is 9.83. The lowest BCUT2D eigenvalue weighted by atomic mass is 9.95. The lowest BCUT2D eigenvalue weighted by Crippen LogP contribution is -2.38. The van der Waals surface area contributed by atoms with Crippen LogP contribution in [0.1, 0.15) is 42.7 Å². The van der Waals surface area contributed by atoms with Gasteiger partial charge in [-0.3, -0.25) is 0 Å². The van der Waals surface area contributed by atoms with Gasteiger partial charge >= 0.3 is 0 Å². The Morgan fingerprint density at radius 1 is 1.24 bits per heavy atom. The summed E-state index contributed by atoms with van der Waals surface area (Å²) >= 11 is 0. The standard InChI is InChI=1S/C16H21N3O2/c1-10-7-12(8-11(2)14(10)20)15-18-13(21-19-15)9-16(17)5-3-4-6-16/h7-8,20H,3-6,9,17H2,1-2H3. The smallest absolute Gasteiger partial charge is 0.228 e. The minimum atomic E-state index is -0.190. The van der Waals surface area contributed by atoms with E-state index in [1.807, 2.05) is 26.0 Å². The molecule has 0 bridgehead atoms. The Hall–Kier alpha value is -1.88.